The summed E-state index contributed by atoms with van der Waals surface area (Å²) in [4.78, 5) is 14.6. The van der Waals surface area contributed by atoms with Crippen molar-refractivity contribution in [3.8, 4) is 0 Å². The van der Waals surface area contributed by atoms with Gasteiger partial charge < -0.3 is 15.0 Å². The van der Waals surface area contributed by atoms with Crippen LogP contribution < -0.4 is 5.32 Å². The summed E-state index contributed by atoms with van der Waals surface area (Å²) in [5.41, 5.74) is 0.746. The lowest BCUT2D eigenvalue weighted by Crippen LogP contribution is -2.50. The number of ether oxygens (including phenoxy) is 1. The number of amides is 1. The van der Waals surface area contributed by atoms with Crippen LogP contribution in [-0.2, 0) is 11.3 Å². The molecule has 2 aliphatic rings. The van der Waals surface area contributed by atoms with Crippen molar-refractivity contribution in [2.45, 2.75) is 83.5 Å². The Morgan fingerprint density at radius 3 is 2.84 bits per heavy atom. The van der Waals surface area contributed by atoms with Crippen LogP contribution >= 0.6 is 0 Å². The molecular formula is C19H32N4O2. The minimum absolute atomic E-state index is 0.144. The van der Waals surface area contributed by atoms with Crippen molar-refractivity contribution < 1.29 is 9.53 Å². The summed E-state index contributed by atoms with van der Waals surface area (Å²) in [5.74, 6) is 0.510. The lowest BCUT2D eigenvalue weighted by atomic mass is 9.79. The Balaban J connectivity index is 1.64. The third kappa shape index (κ3) is 4.75. The molecule has 0 spiro atoms. The van der Waals surface area contributed by atoms with E-state index in [1.807, 2.05) is 38.1 Å². The lowest BCUT2D eigenvalue weighted by molar-refractivity contribution is 0.0132. The molecule has 1 aliphatic heterocycles. The Hall–Kier alpha value is -1.56. The topological polar surface area (TPSA) is 70.2 Å². The molecule has 0 radical (unpaired) electrons. The molecule has 3 atom stereocenters. The van der Waals surface area contributed by atoms with Gasteiger partial charge in [0.2, 0.25) is 0 Å². The molecular weight excluding hydrogens is 316 g/mol. The molecule has 1 saturated heterocycles. The zero-order valence-corrected chi connectivity index (χ0v) is 15.8. The second-order valence-corrected chi connectivity index (χ2v) is 8.43. The highest BCUT2D eigenvalue weighted by molar-refractivity contribution is 5.69. The quantitative estimate of drug-likeness (QED) is 0.874. The van der Waals surface area contributed by atoms with Crippen LogP contribution in [0.2, 0.25) is 0 Å². The number of rotatable bonds is 4. The summed E-state index contributed by atoms with van der Waals surface area (Å²) in [6.07, 6.45) is 10.7. The standard InChI is InChI=1S/C19H32N4O2/c1-19(2,3)25-18(24)23-10-6-9-17(23)15-7-4-5-8-16(15)20-11-14-12-21-22-13-14/h12-13,15-17,20H,4-11H2,1-3H3,(H,21,22). The molecule has 1 saturated carbocycles. The summed E-state index contributed by atoms with van der Waals surface area (Å²) in [6.45, 7) is 7.46. The molecule has 2 fully saturated rings. The Kier molecular flexibility index (Phi) is 5.67. The molecule has 1 aromatic rings. The van der Waals surface area contributed by atoms with Gasteiger partial charge in [0.15, 0.2) is 0 Å². The predicted octanol–water partition coefficient (Wildman–Crippen LogP) is 3.46. The van der Waals surface area contributed by atoms with Crippen molar-refractivity contribution in [2.75, 3.05) is 6.54 Å². The summed E-state index contributed by atoms with van der Waals surface area (Å²) >= 11 is 0. The maximum Gasteiger partial charge on any atom is 0.410 e. The fraction of sp³-hybridized carbons (Fsp3) is 0.789. The highest BCUT2D eigenvalue weighted by Crippen LogP contribution is 2.35. The summed E-state index contributed by atoms with van der Waals surface area (Å²) < 4.78 is 5.65. The lowest BCUT2D eigenvalue weighted by Gasteiger charge is -2.40. The highest BCUT2D eigenvalue weighted by Gasteiger charge is 2.40. The molecule has 6 nitrogen and oxygen atoms in total. The average Bonchev–Trinajstić information content (AvgIpc) is 3.23. The minimum atomic E-state index is -0.435. The van der Waals surface area contributed by atoms with E-state index in [-0.39, 0.29) is 6.09 Å². The van der Waals surface area contributed by atoms with Crippen molar-refractivity contribution in [2.24, 2.45) is 5.92 Å². The van der Waals surface area contributed by atoms with E-state index >= 15 is 0 Å². The van der Waals surface area contributed by atoms with E-state index in [4.69, 9.17) is 4.74 Å². The smallest absolute Gasteiger partial charge is 0.410 e. The molecule has 6 heteroatoms. The second kappa shape index (κ2) is 7.77. The number of hydrogen-bond acceptors (Lipinski definition) is 4. The fourth-order valence-corrected chi connectivity index (χ4v) is 4.28. The molecule has 140 valence electrons. The van der Waals surface area contributed by atoms with Crippen LogP contribution in [0.1, 0.15) is 64.9 Å². The molecule has 0 aromatic carbocycles. The van der Waals surface area contributed by atoms with Gasteiger partial charge in [0.25, 0.3) is 0 Å². The first-order valence-electron chi connectivity index (χ1n) is 9.65. The molecule has 1 amide bonds. The van der Waals surface area contributed by atoms with Gasteiger partial charge in [-0.3, -0.25) is 5.10 Å². The Morgan fingerprint density at radius 1 is 1.32 bits per heavy atom. The van der Waals surface area contributed by atoms with Crippen molar-refractivity contribution in [1.82, 2.24) is 20.4 Å². The minimum Gasteiger partial charge on any atom is -0.444 e. The van der Waals surface area contributed by atoms with E-state index in [1.165, 1.54) is 31.2 Å². The zero-order chi connectivity index (χ0) is 17.9. The van der Waals surface area contributed by atoms with E-state index in [2.05, 4.69) is 15.5 Å². The predicted molar refractivity (Wildman–Crippen MR) is 97.1 cm³/mol. The van der Waals surface area contributed by atoms with Gasteiger partial charge in [0.05, 0.1) is 6.20 Å². The van der Waals surface area contributed by atoms with Gasteiger partial charge in [-0.05, 0) is 52.4 Å². The van der Waals surface area contributed by atoms with Crippen molar-refractivity contribution >= 4 is 6.09 Å². The van der Waals surface area contributed by atoms with Crippen LogP contribution in [0.3, 0.4) is 0 Å². The van der Waals surface area contributed by atoms with Crippen LogP contribution in [0.25, 0.3) is 0 Å². The summed E-state index contributed by atoms with van der Waals surface area (Å²) in [6, 6.07) is 0.758. The third-order valence-electron chi connectivity index (χ3n) is 5.36. The van der Waals surface area contributed by atoms with E-state index in [1.54, 1.807) is 0 Å². The number of nitrogens with zero attached hydrogens (tertiary/aromatic N) is 2. The maximum absolute atomic E-state index is 12.6. The highest BCUT2D eigenvalue weighted by atomic mass is 16.6. The van der Waals surface area contributed by atoms with Crippen LogP contribution in [0.5, 0.6) is 0 Å². The van der Waals surface area contributed by atoms with Gasteiger partial charge in [0, 0.05) is 36.9 Å². The monoisotopic (exact) mass is 348 g/mol. The van der Waals surface area contributed by atoms with E-state index < -0.39 is 5.60 Å². The maximum atomic E-state index is 12.6. The SMILES string of the molecule is CC(C)(C)OC(=O)N1CCCC1C1CCCCC1NCc1cn[nH]c1. The zero-order valence-electron chi connectivity index (χ0n) is 15.8. The van der Waals surface area contributed by atoms with Crippen molar-refractivity contribution in [3.63, 3.8) is 0 Å². The number of carbonyl (C=O) groups is 1. The number of hydrogen-bond donors (Lipinski definition) is 2. The Bertz CT molecular complexity index is 552. The van der Waals surface area contributed by atoms with Gasteiger partial charge in [-0.15, -0.1) is 0 Å². The first-order chi connectivity index (χ1) is 11.9. The molecule has 1 aromatic heterocycles. The summed E-state index contributed by atoms with van der Waals surface area (Å²) in [7, 11) is 0. The molecule has 25 heavy (non-hydrogen) atoms. The number of carbonyl (C=O) groups excluding carboxylic acids is 1. The van der Waals surface area contributed by atoms with Crippen LogP contribution in [-0.4, -0.2) is 45.4 Å². The molecule has 3 unspecified atom stereocenters. The number of aromatic amines is 1. The molecule has 3 rings (SSSR count). The van der Waals surface area contributed by atoms with Crippen molar-refractivity contribution in [3.05, 3.63) is 18.0 Å². The second-order valence-electron chi connectivity index (χ2n) is 8.43. The van der Waals surface area contributed by atoms with E-state index in [0.717, 1.165) is 25.9 Å². The first-order valence-corrected chi connectivity index (χ1v) is 9.65. The van der Waals surface area contributed by atoms with E-state index in [0.29, 0.717) is 18.0 Å². The number of H-pyrrole nitrogens is 1. The normalized spacial score (nSPS) is 27.5. The van der Waals surface area contributed by atoms with Gasteiger partial charge >= 0.3 is 6.09 Å². The van der Waals surface area contributed by atoms with Crippen LogP contribution in [0, 0.1) is 5.92 Å². The largest absolute Gasteiger partial charge is 0.444 e. The molecule has 0 bridgehead atoms. The number of likely N-dealkylation sites (tertiary alicyclic amines) is 1. The van der Waals surface area contributed by atoms with Crippen LogP contribution in [0.15, 0.2) is 12.4 Å². The van der Waals surface area contributed by atoms with E-state index in [9.17, 15) is 4.79 Å². The average molecular weight is 348 g/mol. The fourth-order valence-electron chi connectivity index (χ4n) is 4.28. The molecule has 2 heterocycles. The number of nitrogens with one attached hydrogen (secondary N) is 2. The van der Waals surface area contributed by atoms with Crippen molar-refractivity contribution in [1.29, 1.82) is 0 Å². The summed E-state index contributed by atoms with van der Waals surface area (Å²) in [5, 5.41) is 10.6. The van der Waals surface area contributed by atoms with Crippen LogP contribution in [0.4, 0.5) is 4.79 Å². The molecule has 1 aliphatic carbocycles. The number of aromatic nitrogens is 2. The Labute approximate surface area is 150 Å². The Morgan fingerprint density at radius 2 is 2.12 bits per heavy atom. The van der Waals surface area contributed by atoms with Gasteiger partial charge in [-0.25, -0.2) is 4.79 Å². The van der Waals surface area contributed by atoms with Gasteiger partial charge in [-0.2, -0.15) is 5.10 Å². The third-order valence-corrected chi connectivity index (χ3v) is 5.36. The molecule has 2 N–H and O–H groups in total. The van der Waals surface area contributed by atoms with Gasteiger partial charge in [-0.1, -0.05) is 12.8 Å². The van der Waals surface area contributed by atoms with Gasteiger partial charge in [0.1, 0.15) is 5.60 Å². The first kappa shape index (κ1) is 18.2.